The fourth-order valence-corrected chi connectivity index (χ4v) is 3.16. The highest BCUT2D eigenvalue weighted by Gasteiger charge is 2.32. The van der Waals surface area contributed by atoms with Gasteiger partial charge in [-0.05, 0) is 36.2 Å². The normalized spacial score (nSPS) is 12.2. The average Bonchev–Trinajstić information content (AvgIpc) is 2.78. The van der Waals surface area contributed by atoms with Gasteiger partial charge in [-0.2, -0.15) is 0 Å². The summed E-state index contributed by atoms with van der Waals surface area (Å²) >= 11 is 0. The first-order chi connectivity index (χ1) is 16.5. The van der Waals surface area contributed by atoms with Gasteiger partial charge in [-0.3, -0.25) is 9.59 Å². The Balaban J connectivity index is 1.88. The Morgan fingerprint density at radius 2 is 1.94 bits per heavy atom. The minimum absolute atomic E-state index is 0.0331. The van der Waals surface area contributed by atoms with E-state index in [9.17, 15) is 27.2 Å². The number of aryl methyl sites for hydroxylation is 1. The summed E-state index contributed by atoms with van der Waals surface area (Å²) in [6.45, 7) is 1.56. The molecule has 0 unspecified atom stereocenters. The number of nitrogens with one attached hydrogen (secondary N) is 2. The standard InChI is InChI=1S/C22H20F4N4O5/c1-11-6-13(34-3)9-27-19(11)20-28-15(8-18(31)30-20)21(32)29-16(10-33-2)12-4-5-17(14(23)7-12)35-22(24,25)26/h4-9,16H,10H2,1-3H3,(H,29,32)(H,28,30,31)/t16-/m1/s1. The van der Waals surface area contributed by atoms with E-state index in [0.29, 0.717) is 17.0 Å². The van der Waals surface area contributed by atoms with Crippen LogP contribution in [0.1, 0.15) is 27.7 Å². The van der Waals surface area contributed by atoms with Gasteiger partial charge in [0, 0.05) is 13.2 Å². The summed E-state index contributed by atoms with van der Waals surface area (Å²) in [5.74, 6) is -2.59. The van der Waals surface area contributed by atoms with Crippen LogP contribution in [0.2, 0.25) is 0 Å². The van der Waals surface area contributed by atoms with Crippen molar-refractivity contribution in [2.75, 3.05) is 20.8 Å². The third kappa shape index (κ3) is 6.53. The van der Waals surface area contributed by atoms with Crippen LogP contribution in [0.5, 0.6) is 11.5 Å². The number of rotatable bonds is 8. The lowest BCUT2D eigenvalue weighted by Crippen LogP contribution is -2.33. The summed E-state index contributed by atoms with van der Waals surface area (Å²) in [6.07, 6.45) is -3.65. The van der Waals surface area contributed by atoms with Gasteiger partial charge in [0.15, 0.2) is 17.4 Å². The number of alkyl halides is 3. The lowest BCUT2D eigenvalue weighted by atomic mass is 10.1. The van der Waals surface area contributed by atoms with Crippen molar-refractivity contribution in [2.45, 2.75) is 19.3 Å². The Hall–Kier alpha value is -4.00. The van der Waals surface area contributed by atoms with Gasteiger partial charge in [0.05, 0.1) is 26.0 Å². The molecule has 2 aromatic heterocycles. The first-order valence-electron chi connectivity index (χ1n) is 9.98. The van der Waals surface area contributed by atoms with Gasteiger partial charge in [0.2, 0.25) is 0 Å². The average molecular weight is 496 g/mol. The highest BCUT2D eigenvalue weighted by molar-refractivity contribution is 5.92. The van der Waals surface area contributed by atoms with Crippen LogP contribution >= 0.6 is 0 Å². The number of nitrogens with zero attached hydrogens (tertiary/aromatic N) is 2. The number of H-pyrrole nitrogens is 1. The molecule has 1 amide bonds. The topological polar surface area (TPSA) is 115 Å². The number of ether oxygens (including phenoxy) is 3. The molecule has 0 saturated carbocycles. The van der Waals surface area contributed by atoms with Gasteiger partial charge in [-0.25, -0.2) is 14.4 Å². The summed E-state index contributed by atoms with van der Waals surface area (Å²) in [5, 5.41) is 2.53. The molecular formula is C22H20F4N4O5. The number of pyridine rings is 1. The smallest absolute Gasteiger partial charge is 0.495 e. The molecule has 3 rings (SSSR count). The Labute approximate surface area is 196 Å². The fraction of sp³-hybridized carbons (Fsp3) is 0.273. The van der Waals surface area contributed by atoms with Crippen LogP contribution in [-0.4, -0.2) is 48.0 Å². The highest BCUT2D eigenvalue weighted by atomic mass is 19.4. The maximum Gasteiger partial charge on any atom is 0.573 e. The number of aromatic nitrogens is 3. The van der Waals surface area contributed by atoms with E-state index in [4.69, 9.17) is 9.47 Å². The zero-order chi connectivity index (χ0) is 25.8. The van der Waals surface area contributed by atoms with Crippen LogP contribution in [0.15, 0.2) is 41.3 Å². The zero-order valence-corrected chi connectivity index (χ0v) is 18.7. The lowest BCUT2D eigenvalue weighted by Gasteiger charge is -2.19. The zero-order valence-electron chi connectivity index (χ0n) is 18.7. The molecule has 1 atom stereocenters. The van der Waals surface area contributed by atoms with E-state index in [1.807, 2.05) is 0 Å². The molecule has 13 heteroatoms. The summed E-state index contributed by atoms with van der Waals surface area (Å²) in [4.78, 5) is 35.9. The molecule has 35 heavy (non-hydrogen) atoms. The Morgan fingerprint density at radius 1 is 1.20 bits per heavy atom. The Kier molecular flexibility index (Phi) is 7.69. The molecule has 2 N–H and O–H groups in total. The molecule has 0 bridgehead atoms. The molecule has 0 aliphatic rings. The van der Waals surface area contributed by atoms with E-state index < -0.39 is 35.4 Å². The van der Waals surface area contributed by atoms with E-state index in [0.717, 1.165) is 24.3 Å². The quantitative estimate of drug-likeness (QED) is 0.460. The largest absolute Gasteiger partial charge is 0.573 e. The van der Waals surface area contributed by atoms with E-state index in [-0.39, 0.29) is 23.7 Å². The minimum Gasteiger partial charge on any atom is -0.495 e. The van der Waals surface area contributed by atoms with Crippen LogP contribution in [-0.2, 0) is 4.74 Å². The first kappa shape index (κ1) is 25.6. The van der Waals surface area contributed by atoms with Crippen molar-refractivity contribution in [2.24, 2.45) is 0 Å². The van der Waals surface area contributed by atoms with Crippen molar-refractivity contribution >= 4 is 5.91 Å². The predicted molar refractivity (Wildman–Crippen MR) is 115 cm³/mol. The third-order valence-electron chi connectivity index (χ3n) is 4.71. The molecule has 2 heterocycles. The molecule has 0 radical (unpaired) electrons. The van der Waals surface area contributed by atoms with Crippen molar-refractivity contribution in [1.29, 1.82) is 0 Å². The molecule has 9 nitrogen and oxygen atoms in total. The number of hydrogen-bond acceptors (Lipinski definition) is 7. The number of hydrogen-bond donors (Lipinski definition) is 2. The van der Waals surface area contributed by atoms with Crippen LogP contribution in [0.3, 0.4) is 0 Å². The molecule has 186 valence electrons. The van der Waals surface area contributed by atoms with Gasteiger partial charge in [0.25, 0.3) is 11.5 Å². The van der Waals surface area contributed by atoms with Crippen molar-refractivity contribution in [3.63, 3.8) is 0 Å². The summed E-state index contributed by atoms with van der Waals surface area (Å²) < 4.78 is 65.1. The van der Waals surface area contributed by atoms with Crippen molar-refractivity contribution in [3.8, 4) is 23.0 Å². The number of methoxy groups -OCH3 is 2. The van der Waals surface area contributed by atoms with E-state index >= 15 is 0 Å². The Morgan fingerprint density at radius 3 is 2.54 bits per heavy atom. The lowest BCUT2D eigenvalue weighted by molar-refractivity contribution is -0.275. The van der Waals surface area contributed by atoms with Crippen molar-refractivity contribution < 1.29 is 36.6 Å². The fourth-order valence-electron chi connectivity index (χ4n) is 3.16. The number of halogens is 4. The van der Waals surface area contributed by atoms with E-state index in [1.54, 1.807) is 13.0 Å². The molecular weight excluding hydrogens is 476 g/mol. The van der Waals surface area contributed by atoms with Gasteiger partial charge in [0.1, 0.15) is 17.1 Å². The number of carbonyl (C=O) groups is 1. The van der Waals surface area contributed by atoms with Crippen LogP contribution in [0.4, 0.5) is 17.6 Å². The number of amides is 1. The highest BCUT2D eigenvalue weighted by Crippen LogP contribution is 2.28. The minimum atomic E-state index is -5.07. The second-order valence-corrected chi connectivity index (χ2v) is 7.24. The van der Waals surface area contributed by atoms with Crippen LogP contribution < -0.4 is 20.3 Å². The molecule has 0 spiro atoms. The molecule has 0 saturated heterocycles. The van der Waals surface area contributed by atoms with Crippen LogP contribution in [0, 0.1) is 12.7 Å². The molecule has 0 fully saturated rings. The monoisotopic (exact) mass is 496 g/mol. The summed E-state index contributed by atoms with van der Waals surface area (Å²) in [5.41, 5.74) is 0.150. The van der Waals surface area contributed by atoms with Crippen LogP contribution in [0.25, 0.3) is 11.5 Å². The van der Waals surface area contributed by atoms with Gasteiger partial charge < -0.3 is 24.5 Å². The predicted octanol–water partition coefficient (Wildman–Crippen LogP) is 3.30. The van der Waals surface area contributed by atoms with Crippen molar-refractivity contribution in [1.82, 2.24) is 20.3 Å². The summed E-state index contributed by atoms with van der Waals surface area (Å²) in [7, 11) is 2.79. The van der Waals surface area contributed by atoms with E-state index in [1.165, 1.54) is 20.4 Å². The molecule has 1 aromatic carbocycles. The second kappa shape index (κ2) is 10.5. The SMILES string of the molecule is COC[C@@H](NC(=O)c1cc(=O)[nH]c(-c2ncc(OC)cc2C)n1)c1ccc(OC(F)(F)F)c(F)c1. The third-order valence-corrected chi connectivity index (χ3v) is 4.71. The number of carbonyl (C=O) groups excluding carboxylic acids is 1. The second-order valence-electron chi connectivity index (χ2n) is 7.24. The first-order valence-corrected chi connectivity index (χ1v) is 9.98. The van der Waals surface area contributed by atoms with E-state index in [2.05, 4.69) is 25.0 Å². The molecule has 0 aliphatic heterocycles. The Bertz CT molecular complexity index is 1280. The summed E-state index contributed by atoms with van der Waals surface area (Å²) in [6, 6.07) is 4.37. The maximum absolute atomic E-state index is 14.2. The molecule has 3 aromatic rings. The van der Waals surface area contributed by atoms with Gasteiger partial charge in [-0.1, -0.05) is 6.07 Å². The molecule has 0 aliphatic carbocycles. The number of benzene rings is 1. The van der Waals surface area contributed by atoms with Crippen molar-refractivity contribution in [3.05, 3.63) is 69.5 Å². The van der Waals surface area contributed by atoms with Gasteiger partial charge >= 0.3 is 6.36 Å². The maximum atomic E-state index is 14.2. The van der Waals surface area contributed by atoms with Gasteiger partial charge in [-0.15, -0.1) is 13.2 Å². The number of aromatic amines is 1.